The first-order valence-electron chi connectivity index (χ1n) is 15.8. The molecule has 0 aliphatic rings. The summed E-state index contributed by atoms with van der Waals surface area (Å²) in [7, 11) is 0. The molecular weight excluding hydrogens is 642 g/mol. The van der Waals surface area contributed by atoms with E-state index in [-0.39, 0.29) is 41.1 Å². The van der Waals surface area contributed by atoms with Crippen LogP contribution in [-0.4, -0.2) is 63.3 Å². The van der Waals surface area contributed by atoms with Crippen LogP contribution in [0.5, 0.6) is 0 Å². The molecule has 0 saturated carbocycles. The zero-order chi connectivity index (χ0) is 33.7. The Labute approximate surface area is 284 Å². The number of carbonyl (C=O) groups excluding carboxylic acids is 1. The third-order valence-electron chi connectivity index (χ3n) is 8.26. The third-order valence-corrected chi connectivity index (χ3v) is 8.26. The van der Waals surface area contributed by atoms with Crippen molar-refractivity contribution >= 4 is 45.0 Å². The van der Waals surface area contributed by atoms with Crippen LogP contribution in [0.3, 0.4) is 0 Å². The molecule has 50 heavy (non-hydrogen) atoms. The maximum absolute atomic E-state index is 12.9. The highest BCUT2D eigenvalue weighted by molar-refractivity contribution is 5.95. The van der Waals surface area contributed by atoms with Gasteiger partial charge in [-0.15, -0.1) is 5.10 Å². The Balaban J connectivity index is 0.00000432. The van der Waals surface area contributed by atoms with E-state index in [0.717, 1.165) is 58.4 Å². The van der Waals surface area contributed by atoms with Gasteiger partial charge in [-0.25, -0.2) is 14.7 Å². The van der Waals surface area contributed by atoms with Crippen LogP contribution in [0.15, 0.2) is 83.5 Å². The SMILES string of the molecule is CCCCc1nc2ccc(NC(=O)CCNc3ccc([N+](=O)[O-])c4nonc34)cc2n1Cc1ccc(-c2ccccc2-c2nnn[nH]2)cc1.O. The zero-order valence-corrected chi connectivity index (χ0v) is 27.0. The number of benzene rings is 4. The van der Waals surface area contributed by atoms with Crippen LogP contribution in [0.4, 0.5) is 17.1 Å². The molecule has 3 aromatic heterocycles. The Morgan fingerprint density at radius 1 is 1.00 bits per heavy atom. The number of nitro benzene ring substituents is 1. The molecule has 0 aliphatic heterocycles. The topological polar surface area (TPSA) is 227 Å². The maximum atomic E-state index is 12.9. The normalized spacial score (nSPS) is 11.1. The second-order valence-corrected chi connectivity index (χ2v) is 11.5. The van der Waals surface area contributed by atoms with Gasteiger partial charge in [0, 0.05) is 43.2 Å². The van der Waals surface area contributed by atoms with E-state index in [1.54, 1.807) is 0 Å². The summed E-state index contributed by atoms with van der Waals surface area (Å²) < 4.78 is 6.93. The lowest BCUT2D eigenvalue weighted by molar-refractivity contribution is -0.383. The van der Waals surface area contributed by atoms with E-state index in [4.69, 9.17) is 9.61 Å². The number of carbonyl (C=O) groups is 1. The molecule has 0 aliphatic carbocycles. The van der Waals surface area contributed by atoms with Crippen molar-refractivity contribution in [3.05, 3.63) is 100 Å². The Bertz CT molecular complexity index is 2260. The van der Waals surface area contributed by atoms with E-state index in [1.165, 1.54) is 12.1 Å². The molecule has 0 saturated heterocycles. The van der Waals surface area contributed by atoms with E-state index < -0.39 is 4.92 Å². The molecule has 254 valence electrons. The van der Waals surface area contributed by atoms with Crippen LogP contribution in [0.2, 0.25) is 0 Å². The van der Waals surface area contributed by atoms with Crippen molar-refractivity contribution in [3.8, 4) is 22.5 Å². The highest BCUT2D eigenvalue weighted by Gasteiger charge is 2.20. The van der Waals surface area contributed by atoms with Crippen molar-refractivity contribution in [1.29, 1.82) is 0 Å². The van der Waals surface area contributed by atoms with Gasteiger partial charge >= 0.3 is 5.69 Å². The lowest BCUT2D eigenvalue weighted by Gasteiger charge is -2.12. The summed E-state index contributed by atoms with van der Waals surface area (Å²) in [6, 6.07) is 25.0. The van der Waals surface area contributed by atoms with Crippen LogP contribution in [-0.2, 0) is 17.8 Å². The number of imidazole rings is 1. The summed E-state index contributed by atoms with van der Waals surface area (Å²) in [6.45, 7) is 3.04. The smallest absolute Gasteiger partial charge is 0.300 e. The molecule has 0 bridgehead atoms. The van der Waals surface area contributed by atoms with Crippen LogP contribution >= 0.6 is 0 Å². The number of amides is 1. The van der Waals surface area contributed by atoms with Gasteiger partial charge in [-0.2, -0.15) is 0 Å². The molecule has 7 rings (SSSR count). The first-order chi connectivity index (χ1) is 24.0. The first-order valence-corrected chi connectivity index (χ1v) is 15.8. The number of rotatable bonds is 13. The van der Waals surface area contributed by atoms with Gasteiger partial charge in [0.15, 0.2) is 11.3 Å². The molecule has 0 atom stereocenters. The number of aryl methyl sites for hydroxylation is 1. The molecule has 0 unspecified atom stereocenters. The fraction of sp³-hybridized carbons (Fsp3) is 0.206. The van der Waals surface area contributed by atoms with Crippen molar-refractivity contribution < 1.29 is 19.8 Å². The Hall–Kier alpha value is -6.55. The van der Waals surface area contributed by atoms with Crippen molar-refractivity contribution in [2.75, 3.05) is 17.2 Å². The van der Waals surface area contributed by atoms with Crippen LogP contribution < -0.4 is 10.6 Å². The number of hydrogen-bond acceptors (Lipinski definition) is 11. The summed E-state index contributed by atoms with van der Waals surface area (Å²) >= 11 is 0. The Morgan fingerprint density at radius 2 is 1.80 bits per heavy atom. The lowest BCUT2D eigenvalue weighted by Crippen LogP contribution is -2.16. The highest BCUT2D eigenvalue weighted by Crippen LogP contribution is 2.31. The van der Waals surface area contributed by atoms with Gasteiger partial charge in [0.2, 0.25) is 11.4 Å². The van der Waals surface area contributed by atoms with Crippen molar-refractivity contribution in [2.24, 2.45) is 0 Å². The molecule has 0 fully saturated rings. The Morgan fingerprint density at radius 3 is 2.56 bits per heavy atom. The molecule has 5 N–H and O–H groups in total. The molecule has 7 aromatic rings. The largest absolute Gasteiger partial charge is 0.412 e. The average Bonchev–Trinajstić information content (AvgIpc) is 3.89. The van der Waals surface area contributed by atoms with Gasteiger partial charge in [0.1, 0.15) is 5.82 Å². The first kappa shape index (κ1) is 33.4. The number of aromatic amines is 1. The van der Waals surface area contributed by atoms with Crippen molar-refractivity contribution in [3.63, 3.8) is 0 Å². The van der Waals surface area contributed by atoms with E-state index >= 15 is 0 Å². The molecule has 0 radical (unpaired) electrons. The van der Waals surface area contributed by atoms with Gasteiger partial charge in [0.05, 0.1) is 21.6 Å². The number of aromatic nitrogens is 8. The quantitative estimate of drug-likeness (QED) is 0.104. The summed E-state index contributed by atoms with van der Waals surface area (Å²) in [5.74, 6) is 1.41. The third kappa shape index (κ3) is 6.86. The summed E-state index contributed by atoms with van der Waals surface area (Å²) in [5.41, 5.74) is 7.13. The number of nitro groups is 1. The summed E-state index contributed by atoms with van der Waals surface area (Å²) in [5, 5.41) is 39.2. The zero-order valence-electron chi connectivity index (χ0n) is 27.0. The van der Waals surface area contributed by atoms with Crippen LogP contribution in [0.25, 0.3) is 44.6 Å². The predicted molar refractivity (Wildman–Crippen MR) is 186 cm³/mol. The van der Waals surface area contributed by atoms with E-state index in [2.05, 4.69) is 77.3 Å². The molecule has 16 nitrogen and oxygen atoms in total. The number of anilines is 2. The monoisotopic (exact) mass is 675 g/mol. The minimum absolute atomic E-state index is 0. The minimum atomic E-state index is -0.546. The summed E-state index contributed by atoms with van der Waals surface area (Å²) in [6.07, 6.45) is 3.04. The molecule has 0 spiro atoms. The molecule has 1 amide bonds. The van der Waals surface area contributed by atoms with E-state index in [9.17, 15) is 14.9 Å². The van der Waals surface area contributed by atoms with Gasteiger partial charge in [-0.05, 0) is 68.1 Å². The predicted octanol–water partition coefficient (Wildman–Crippen LogP) is 5.33. The van der Waals surface area contributed by atoms with Crippen molar-refractivity contribution in [2.45, 2.75) is 39.2 Å². The Kier molecular flexibility index (Phi) is 9.80. The van der Waals surface area contributed by atoms with Crippen LogP contribution in [0, 0.1) is 10.1 Å². The van der Waals surface area contributed by atoms with Gasteiger partial charge < -0.3 is 20.7 Å². The number of nitrogens with one attached hydrogen (secondary N) is 3. The molecule has 3 heterocycles. The fourth-order valence-electron chi connectivity index (χ4n) is 5.82. The molecular formula is C34H33N11O5. The van der Waals surface area contributed by atoms with Gasteiger partial charge in [0.25, 0.3) is 0 Å². The number of unbranched alkanes of at least 4 members (excludes halogenated alkanes) is 1. The maximum Gasteiger partial charge on any atom is 0.300 e. The number of tetrazole rings is 1. The number of H-pyrrole nitrogens is 1. The van der Waals surface area contributed by atoms with E-state index in [1.807, 2.05) is 42.5 Å². The van der Waals surface area contributed by atoms with E-state index in [0.29, 0.717) is 23.7 Å². The second-order valence-electron chi connectivity index (χ2n) is 11.5. The average molecular weight is 676 g/mol. The highest BCUT2D eigenvalue weighted by atomic mass is 16.6. The number of non-ortho nitro benzene ring substituents is 1. The minimum Gasteiger partial charge on any atom is -0.412 e. The second kappa shape index (κ2) is 14.7. The molecule has 4 aromatic carbocycles. The summed E-state index contributed by atoms with van der Waals surface area (Å²) in [4.78, 5) is 28.6. The van der Waals surface area contributed by atoms with Gasteiger partial charge in [-0.3, -0.25) is 14.9 Å². The lowest BCUT2D eigenvalue weighted by atomic mass is 9.98. The number of nitrogens with zero attached hydrogens (tertiary/aromatic N) is 8. The number of hydrogen-bond donors (Lipinski definition) is 3. The number of fused-ring (bicyclic) bond motifs is 2. The standard InChI is InChI=1S/C34H31N11O4.H2O/c1-2-3-8-30-37-26-14-13-23(36-31(46)17-18-35-27-15-16-28(45(47)48)33-32(27)40-49-41-33)19-29(26)44(30)20-21-9-11-22(12-10-21)24-6-4-5-7-25(24)34-38-42-43-39-34;/h4-7,9-16,19,35H,2-3,8,17-18,20H2,1H3,(H,36,46)(H,38,39,42,43);1H2. The van der Waals surface area contributed by atoms with Crippen LogP contribution in [0.1, 0.15) is 37.6 Å². The fourth-order valence-corrected chi connectivity index (χ4v) is 5.82. The van der Waals surface area contributed by atoms with Crippen molar-refractivity contribution in [1.82, 2.24) is 40.5 Å². The van der Waals surface area contributed by atoms with Gasteiger partial charge in [-0.1, -0.05) is 61.9 Å². The molecule has 16 heteroatoms.